The van der Waals surface area contributed by atoms with E-state index in [0.29, 0.717) is 25.7 Å². The van der Waals surface area contributed by atoms with Crippen LogP contribution in [0.4, 0.5) is 0 Å². The summed E-state index contributed by atoms with van der Waals surface area (Å²) in [7, 11) is 3.02. The van der Waals surface area contributed by atoms with Gasteiger partial charge in [-0.1, -0.05) is 24.3 Å². The molecule has 0 aliphatic carbocycles. The highest BCUT2D eigenvalue weighted by Crippen LogP contribution is 2.25. The Bertz CT molecular complexity index is 1240. The van der Waals surface area contributed by atoms with Gasteiger partial charge in [0.15, 0.2) is 11.1 Å². The Hall–Kier alpha value is -2.50. The molecule has 2 unspecified atom stereocenters. The van der Waals surface area contributed by atoms with E-state index in [0.717, 1.165) is 11.1 Å². The SMILES string of the molecule is CC(C#N)(CCc1ccc(S(=O)(=O)Cl)cc1)/N=N/C(C)(C#N)CCc1ccc(S(=O)(=O)Cl)cc1. The molecular weight excluding hydrogens is 519 g/mol. The molecule has 0 aliphatic rings. The van der Waals surface area contributed by atoms with Crippen molar-refractivity contribution in [3.63, 3.8) is 0 Å². The zero-order valence-corrected chi connectivity index (χ0v) is 21.6. The molecule has 0 aromatic heterocycles. The van der Waals surface area contributed by atoms with Crippen LogP contribution in [0.5, 0.6) is 0 Å². The maximum absolute atomic E-state index is 11.4. The minimum Gasteiger partial charge on any atom is -0.207 e. The Morgan fingerprint density at radius 2 is 1.00 bits per heavy atom. The Morgan fingerprint density at radius 1 is 0.706 bits per heavy atom. The topological polar surface area (TPSA) is 141 Å². The van der Waals surface area contributed by atoms with Crippen LogP contribution in [0.25, 0.3) is 0 Å². The lowest BCUT2D eigenvalue weighted by atomic mass is 9.94. The molecule has 0 heterocycles. The van der Waals surface area contributed by atoms with Gasteiger partial charge in [-0.05, 0) is 74.9 Å². The van der Waals surface area contributed by atoms with Crippen molar-refractivity contribution >= 4 is 39.5 Å². The summed E-state index contributed by atoms with van der Waals surface area (Å²) in [4.78, 5) is -0.0197. The number of halogens is 2. The van der Waals surface area contributed by atoms with Gasteiger partial charge in [0, 0.05) is 21.4 Å². The molecule has 0 aliphatic heterocycles. The molecule has 2 aromatic rings. The van der Waals surface area contributed by atoms with Crippen LogP contribution in [-0.2, 0) is 30.9 Å². The van der Waals surface area contributed by atoms with Crippen molar-refractivity contribution < 1.29 is 16.8 Å². The van der Waals surface area contributed by atoms with Crippen LogP contribution in [0.2, 0.25) is 0 Å². The van der Waals surface area contributed by atoms with Crippen LogP contribution in [-0.4, -0.2) is 27.9 Å². The highest BCUT2D eigenvalue weighted by Gasteiger charge is 2.28. The van der Waals surface area contributed by atoms with E-state index in [1.807, 2.05) is 0 Å². The van der Waals surface area contributed by atoms with Gasteiger partial charge in [-0.2, -0.15) is 20.8 Å². The number of nitriles is 2. The first kappa shape index (κ1) is 27.7. The van der Waals surface area contributed by atoms with Gasteiger partial charge in [0.2, 0.25) is 0 Å². The fraction of sp³-hybridized carbons (Fsp3) is 0.364. The van der Waals surface area contributed by atoms with Crippen molar-refractivity contribution in [2.45, 2.75) is 60.4 Å². The van der Waals surface area contributed by atoms with Gasteiger partial charge in [-0.15, -0.1) is 0 Å². The van der Waals surface area contributed by atoms with Gasteiger partial charge in [0.1, 0.15) is 0 Å². The molecule has 180 valence electrons. The predicted octanol–water partition coefficient (Wildman–Crippen LogP) is 5.12. The molecule has 0 saturated heterocycles. The van der Waals surface area contributed by atoms with Crippen LogP contribution < -0.4 is 0 Å². The quantitative estimate of drug-likeness (QED) is 0.302. The second kappa shape index (κ2) is 10.8. The Morgan fingerprint density at radius 3 is 1.24 bits per heavy atom. The molecule has 0 N–H and O–H groups in total. The average molecular weight is 541 g/mol. The van der Waals surface area contributed by atoms with Crippen molar-refractivity contribution in [2.24, 2.45) is 10.2 Å². The molecule has 0 saturated carbocycles. The van der Waals surface area contributed by atoms with Gasteiger partial charge >= 0.3 is 0 Å². The molecule has 0 bridgehead atoms. The third-order valence-electron chi connectivity index (χ3n) is 5.18. The average Bonchev–Trinajstić information content (AvgIpc) is 2.79. The Balaban J connectivity index is 2.06. The summed E-state index contributed by atoms with van der Waals surface area (Å²) < 4.78 is 45.4. The number of benzene rings is 2. The fourth-order valence-corrected chi connectivity index (χ4v) is 4.43. The van der Waals surface area contributed by atoms with Crippen LogP contribution in [0.15, 0.2) is 68.6 Å². The fourth-order valence-electron chi connectivity index (χ4n) is 2.89. The third-order valence-corrected chi connectivity index (χ3v) is 7.92. The molecule has 0 fully saturated rings. The molecule has 0 spiro atoms. The van der Waals surface area contributed by atoms with Crippen LogP contribution in [0, 0.1) is 22.7 Å². The highest BCUT2D eigenvalue weighted by molar-refractivity contribution is 8.14. The van der Waals surface area contributed by atoms with E-state index in [1.165, 1.54) is 24.3 Å². The van der Waals surface area contributed by atoms with Crippen molar-refractivity contribution in [3.05, 3.63) is 59.7 Å². The smallest absolute Gasteiger partial charge is 0.207 e. The van der Waals surface area contributed by atoms with E-state index in [9.17, 15) is 27.4 Å². The summed E-state index contributed by atoms with van der Waals surface area (Å²) in [5.74, 6) is 0. The lowest BCUT2D eigenvalue weighted by Crippen LogP contribution is -2.24. The number of hydrogen-bond donors (Lipinski definition) is 0. The summed E-state index contributed by atoms with van der Waals surface area (Å²) in [5, 5.41) is 27.6. The second-order valence-electron chi connectivity index (χ2n) is 8.13. The molecule has 8 nitrogen and oxygen atoms in total. The monoisotopic (exact) mass is 540 g/mol. The largest absolute Gasteiger partial charge is 0.261 e. The normalized spacial score (nSPS) is 15.7. The first-order valence-corrected chi connectivity index (χ1v) is 14.7. The maximum Gasteiger partial charge on any atom is 0.261 e. The zero-order valence-electron chi connectivity index (χ0n) is 18.4. The van der Waals surface area contributed by atoms with E-state index >= 15 is 0 Å². The predicted molar refractivity (Wildman–Crippen MR) is 128 cm³/mol. The van der Waals surface area contributed by atoms with Crippen molar-refractivity contribution in [2.75, 3.05) is 0 Å². The molecule has 2 rings (SSSR count). The van der Waals surface area contributed by atoms with Crippen LogP contribution in [0.1, 0.15) is 37.8 Å². The number of nitrogens with zero attached hydrogens (tertiary/aromatic N) is 4. The molecule has 0 radical (unpaired) electrons. The molecule has 34 heavy (non-hydrogen) atoms. The van der Waals surface area contributed by atoms with Crippen LogP contribution in [0.3, 0.4) is 0 Å². The number of hydrogen-bond acceptors (Lipinski definition) is 8. The summed E-state index contributed by atoms with van der Waals surface area (Å²) in [5.41, 5.74) is -0.783. The minimum atomic E-state index is -3.81. The van der Waals surface area contributed by atoms with Crippen molar-refractivity contribution in [1.82, 2.24) is 0 Å². The van der Waals surface area contributed by atoms with Gasteiger partial charge in [0.05, 0.1) is 21.9 Å². The maximum atomic E-state index is 11.4. The second-order valence-corrected chi connectivity index (χ2v) is 13.3. The first-order chi connectivity index (χ1) is 15.7. The molecule has 12 heteroatoms. The summed E-state index contributed by atoms with van der Waals surface area (Å²) in [6, 6.07) is 16.3. The van der Waals surface area contributed by atoms with Crippen molar-refractivity contribution in [3.8, 4) is 12.1 Å². The van der Waals surface area contributed by atoms with Gasteiger partial charge in [0.25, 0.3) is 18.1 Å². The molecule has 0 amide bonds. The number of aryl methyl sites for hydroxylation is 2. The summed E-state index contributed by atoms with van der Waals surface area (Å²) in [6.45, 7) is 3.22. The van der Waals surface area contributed by atoms with E-state index in [2.05, 4.69) is 22.4 Å². The lowest BCUT2D eigenvalue weighted by molar-refractivity contribution is 0.451. The van der Waals surface area contributed by atoms with E-state index in [1.54, 1.807) is 38.1 Å². The van der Waals surface area contributed by atoms with Gasteiger partial charge in [-0.25, -0.2) is 16.8 Å². The number of azo groups is 1. The van der Waals surface area contributed by atoms with E-state index in [-0.39, 0.29) is 9.79 Å². The van der Waals surface area contributed by atoms with E-state index < -0.39 is 29.2 Å². The zero-order chi connectivity index (χ0) is 25.6. The van der Waals surface area contributed by atoms with Crippen molar-refractivity contribution in [1.29, 1.82) is 10.5 Å². The lowest BCUT2D eigenvalue weighted by Gasteiger charge is -2.20. The summed E-state index contributed by atoms with van der Waals surface area (Å²) >= 11 is 0. The summed E-state index contributed by atoms with van der Waals surface area (Å²) in [6.07, 6.45) is 1.47. The van der Waals surface area contributed by atoms with Gasteiger partial charge in [-0.3, -0.25) is 0 Å². The van der Waals surface area contributed by atoms with Crippen LogP contribution >= 0.6 is 21.4 Å². The highest BCUT2D eigenvalue weighted by atomic mass is 35.7. The molecular formula is C22H22Cl2N4O4S2. The van der Waals surface area contributed by atoms with Gasteiger partial charge < -0.3 is 0 Å². The molecule has 2 atom stereocenters. The minimum absolute atomic E-state index is 0.00985. The Kier molecular flexibility index (Phi) is 8.84. The first-order valence-electron chi connectivity index (χ1n) is 10.0. The Labute approximate surface area is 208 Å². The third kappa shape index (κ3) is 8.07. The standard InChI is InChI=1S/C22H22Cl2N4O4S2/c1-21(15-25,13-11-17-3-7-19(8-4-17)33(23,29)30)27-28-22(2,16-26)14-12-18-5-9-20(10-6-18)34(24,31)32/h3-10H,11-14H2,1-2H3/b28-27+. The molecule has 2 aromatic carbocycles. The number of rotatable bonds is 10. The van der Waals surface area contributed by atoms with E-state index in [4.69, 9.17) is 21.4 Å².